The Kier molecular flexibility index (Phi) is 17.2. The summed E-state index contributed by atoms with van der Waals surface area (Å²) >= 11 is 0. The summed E-state index contributed by atoms with van der Waals surface area (Å²) in [6, 6.07) is 0. The van der Waals surface area contributed by atoms with Gasteiger partial charge in [0.05, 0.1) is 0 Å². The molecule has 10 saturated carbocycles. The summed E-state index contributed by atoms with van der Waals surface area (Å²) in [5, 5.41) is 0. The molecule has 10 fully saturated rings. The number of hydrogen-bond acceptors (Lipinski definition) is 0. The highest BCUT2D eigenvalue weighted by molar-refractivity contribution is 5.02. The van der Waals surface area contributed by atoms with Gasteiger partial charge in [0.1, 0.15) is 0 Å². The molecule has 8 bridgehead atoms. The highest BCUT2D eigenvalue weighted by Crippen LogP contribution is 2.62. The van der Waals surface area contributed by atoms with Gasteiger partial charge in [-0.15, -0.1) is 0 Å². The molecule has 0 aliphatic heterocycles. The molecule has 0 N–H and O–H groups in total. The van der Waals surface area contributed by atoms with Crippen LogP contribution in [0.15, 0.2) is 12.2 Å². The summed E-state index contributed by atoms with van der Waals surface area (Å²) < 4.78 is 0. The van der Waals surface area contributed by atoms with Gasteiger partial charge < -0.3 is 0 Å². The van der Waals surface area contributed by atoms with Crippen LogP contribution < -0.4 is 0 Å². The quantitative estimate of drug-likeness (QED) is 0.251. The average molecular weight is 759 g/mol. The van der Waals surface area contributed by atoms with Crippen molar-refractivity contribution in [2.75, 3.05) is 0 Å². The molecule has 6 atom stereocenters. The molecule has 12 aliphatic rings. The SMILES string of the molecule is CC(C)C12CC3CC(CC(C3)C1)C2.CC(C)C1CC2C=CCCC(CCC2)C1.CC(C)C1CC2CCCC(CCC2)C1.CC(C)C1CCCC2CCCCC21. The summed E-state index contributed by atoms with van der Waals surface area (Å²) in [6.45, 7) is 19.5. The van der Waals surface area contributed by atoms with Crippen molar-refractivity contribution in [1.82, 2.24) is 0 Å². The second-order valence-corrected chi connectivity index (χ2v) is 24.1. The van der Waals surface area contributed by atoms with Crippen molar-refractivity contribution >= 4 is 0 Å². The van der Waals surface area contributed by atoms with Crippen molar-refractivity contribution in [1.29, 1.82) is 0 Å². The maximum Gasteiger partial charge on any atom is -0.0231 e. The van der Waals surface area contributed by atoms with Crippen molar-refractivity contribution in [3.63, 3.8) is 0 Å². The third-order valence-electron chi connectivity index (χ3n) is 19.0. The maximum atomic E-state index is 2.53. The van der Waals surface area contributed by atoms with Crippen LogP contribution in [0.25, 0.3) is 0 Å². The van der Waals surface area contributed by atoms with Crippen molar-refractivity contribution in [3.05, 3.63) is 12.2 Å². The minimum atomic E-state index is 0.800. The van der Waals surface area contributed by atoms with Crippen LogP contribution in [0.1, 0.15) is 235 Å². The minimum Gasteiger partial charge on any atom is -0.0882 e. The zero-order valence-corrected chi connectivity index (χ0v) is 38.7. The molecule has 55 heavy (non-hydrogen) atoms. The van der Waals surface area contributed by atoms with Crippen LogP contribution in [0.2, 0.25) is 0 Å². The van der Waals surface area contributed by atoms with E-state index in [2.05, 4.69) is 67.5 Å². The van der Waals surface area contributed by atoms with Gasteiger partial charge in [-0.1, -0.05) is 151 Å². The summed E-state index contributed by atoms with van der Waals surface area (Å²) in [6.07, 6.45) is 47.7. The highest BCUT2D eigenvalue weighted by atomic mass is 14.6. The monoisotopic (exact) mass is 759 g/mol. The van der Waals surface area contributed by atoms with E-state index < -0.39 is 0 Å². The molecule has 0 heteroatoms. The van der Waals surface area contributed by atoms with E-state index in [1.54, 1.807) is 96.3 Å². The van der Waals surface area contributed by atoms with Crippen molar-refractivity contribution in [2.45, 2.75) is 235 Å². The molecule has 0 saturated heterocycles. The standard InChI is InChI=1S/C15H26.C14H26.C13H22.C13H24/c1-12(2)15-10-13-6-3-4-7-14(11-15)9-5-8-13;1-11(2)14-9-12-5-3-6-13(10-14)8-4-7-12;1-9(2)13-6-10-3-11(7-13)5-12(4-10)8-13;1-10(2)12-9-5-7-11-6-3-4-8-13(11)12/h3,6,12-15H,4-5,7-11H2,1-2H3;11-14H,3-10H2,1-2H3;9-12H,3-8H2,1-2H3;10-13H,3-9H2,1-2H3. The Morgan fingerprint density at radius 1 is 0.418 bits per heavy atom. The Labute approximate surface area is 346 Å². The predicted molar refractivity (Wildman–Crippen MR) is 242 cm³/mol. The lowest BCUT2D eigenvalue weighted by Gasteiger charge is -2.58. The van der Waals surface area contributed by atoms with Crippen molar-refractivity contribution in [2.24, 2.45) is 100 Å². The molecule has 0 aromatic heterocycles. The Hall–Kier alpha value is -0.260. The first-order chi connectivity index (χ1) is 26.5. The molecule has 0 radical (unpaired) electrons. The molecule has 0 amide bonds. The molecule has 0 aromatic carbocycles. The Bertz CT molecular complexity index is 1040. The number of rotatable bonds is 4. The first kappa shape index (κ1) is 44.3. The van der Waals surface area contributed by atoms with Crippen LogP contribution in [0, 0.1) is 100 Å². The fourth-order valence-electron chi connectivity index (χ4n) is 15.8. The van der Waals surface area contributed by atoms with Gasteiger partial charge in [-0.25, -0.2) is 0 Å². The zero-order valence-electron chi connectivity index (χ0n) is 38.7. The number of fused-ring (bicyclic) bond motifs is 13. The van der Waals surface area contributed by atoms with E-state index in [9.17, 15) is 0 Å². The van der Waals surface area contributed by atoms with E-state index in [4.69, 9.17) is 0 Å². The molecule has 6 unspecified atom stereocenters. The number of allylic oxidation sites excluding steroid dienone is 2. The Morgan fingerprint density at radius 3 is 1.42 bits per heavy atom. The van der Waals surface area contributed by atoms with E-state index in [0.29, 0.717) is 0 Å². The van der Waals surface area contributed by atoms with Gasteiger partial charge in [-0.05, 0) is 196 Å². The lowest BCUT2D eigenvalue weighted by atomic mass is 9.47. The van der Waals surface area contributed by atoms with Gasteiger partial charge in [0.25, 0.3) is 0 Å². The molecule has 0 spiro atoms. The molecule has 0 heterocycles. The zero-order chi connectivity index (χ0) is 39.0. The summed E-state index contributed by atoms with van der Waals surface area (Å²) in [5.74, 6) is 16.5. The smallest absolute Gasteiger partial charge is 0.0231 e. The number of hydrogen-bond donors (Lipinski definition) is 0. The van der Waals surface area contributed by atoms with Crippen molar-refractivity contribution < 1.29 is 0 Å². The highest BCUT2D eigenvalue weighted by Gasteiger charge is 2.52. The maximum absolute atomic E-state index is 2.53. The molecule has 12 aliphatic carbocycles. The van der Waals surface area contributed by atoms with Gasteiger partial charge in [0.15, 0.2) is 0 Å². The van der Waals surface area contributed by atoms with Crippen LogP contribution in [0.4, 0.5) is 0 Å². The van der Waals surface area contributed by atoms with Crippen LogP contribution in [-0.4, -0.2) is 0 Å². The largest absolute Gasteiger partial charge is 0.0882 e. The molecule has 0 nitrogen and oxygen atoms in total. The molecule has 12 rings (SSSR count). The molecular weight excluding hydrogens is 661 g/mol. The fraction of sp³-hybridized carbons (Fsp3) is 0.964. The lowest BCUT2D eigenvalue weighted by Crippen LogP contribution is -2.48. The van der Waals surface area contributed by atoms with Crippen molar-refractivity contribution in [3.8, 4) is 0 Å². The van der Waals surface area contributed by atoms with Gasteiger partial charge in [-0.2, -0.15) is 0 Å². The third-order valence-corrected chi connectivity index (χ3v) is 19.0. The topological polar surface area (TPSA) is 0 Å². The van der Waals surface area contributed by atoms with Gasteiger partial charge >= 0.3 is 0 Å². The minimum absolute atomic E-state index is 0.800. The average Bonchev–Trinajstić information content (AvgIpc) is 3.28. The van der Waals surface area contributed by atoms with Gasteiger partial charge in [0, 0.05) is 0 Å². The summed E-state index contributed by atoms with van der Waals surface area (Å²) in [4.78, 5) is 0. The Morgan fingerprint density at radius 2 is 0.891 bits per heavy atom. The predicted octanol–water partition coefficient (Wildman–Crippen LogP) is 17.6. The second-order valence-electron chi connectivity index (χ2n) is 24.1. The van der Waals surface area contributed by atoms with Crippen LogP contribution in [0.5, 0.6) is 0 Å². The summed E-state index contributed by atoms with van der Waals surface area (Å²) in [5.41, 5.74) is 0.800. The van der Waals surface area contributed by atoms with E-state index in [0.717, 1.165) is 100 Å². The van der Waals surface area contributed by atoms with E-state index >= 15 is 0 Å². The van der Waals surface area contributed by atoms with E-state index in [1.165, 1.54) is 83.5 Å². The lowest BCUT2D eigenvalue weighted by molar-refractivity contribution is -0.0789. The first-order valence-electron chi connectivity index (χ1n) is 26.1. The van der Waals surface area contributed by atoms with E-state index in [1.807, 2.05) is 0 Å². The third kappa shape index (κ3) is 12.6. The van der Waals surface area contributed by atoms with Crippen LogP contribution >= 0.6 is 0 Å². The van der Waals surface area contributed by atoms with E-state index in [-0.39, 0.29) is 0 Å². The van der Waals surface area contributed by atoms with Gasteiger partial charge in [0.2, 0.25) is 0 Å². The molecule has 318 valence electrons. The van der Waals surface area contributed by atoms with Gasteiger partial charge in [-0.3, -0.25) is 0 Å². The normalized spacial score (nSPS) is 42.3. The first-order valence-corrected chi connectivity index (χ1v) is 26.1. The van der Waals surface area contributed by atoms with Crippen LogP contribution in [-0.2, 0) is 0 Å². The second kappa shape index (κ2) is 21.3. The summed E-state index contributed by atoms with van der Waals surface area (Å²) in [7, 11) is 0. The molecular formula is C55H98. The molecule has 0 aromatic rings. The Balaban J connectivity index is 0.000000125. The van der Waals surface area contributed by atoms with Crippen LogP contribution in [0.3, 0.4) is 0 Å². The fourth-order valence-corrected chi connectivity index (χ4v) is 15.8.